The van der Waals surface area contributed by atoms with E-state index < -0.39 is 42.0 Å². The molecule has 1 fully saturated rings. The van der Waals surface area contributed by atoms with Gasteiger partial charge in [0.2, 0.25) is 5.91 Å². The zero-order chi connectivity index (χ0) is 129. The summed E-state index contributed by atoms with van der Waals surface area (Å²) in [5, 5.41) is 2.58. The van der Waals surface area contributed by atoms with E-state index in [1.165, 1.54) is 113 Å². The van der Waals surface area contributed by atoms with Crippen molar-refractivity contribution in [3.8, 4) is 0 Å². The van der Waals surface area contributed by atoms with Gasteiger partial charge in [-0.2, -0.15) is 108 Å². The van der Waals surface area contributed by atoms with E-state index in [1.54, 1.807) is 0 Å². The lowest BCUT2D eigenvalue weighted by Gasteiger charge is -2.14. The molecule has 0 unspecified atom stereocenters. The Balaban J connectivity index is -0.00000000682. The van der Waals surface area contributed by atoms with Gasteiger partial charge in [0.15, 0.2) is 0 Å². The summed E-state index contributed by atoms with van der Waals surface area (Å²) in [6.45, 7) is 127. The van der Waals surface area contributed by atoms with Gasteiger partial charge < -0.3 is 102 Å². The Morgan fingerprint density at radius 1 is 0.215 bits per heavy atom. The molecule has 0 saturated carbocycles. The van der Waals surface area contributed by atoms with Gasteiger partial charge in [-0.1, -0.05) is 488 Å². The number of imide groups is 2. The minimum Gasteiger partial charge on any atom is -0.345 e. The van der Waals surface area contributed by atoms with Gasteiger partial charge in [-0.05, 0) is 113 Å². The molecule has 2 aliphatic heterocycles. The van der Waals surface area contributed by atoms with Crippen molar-refractivity contribution in [1.82, 2.24) is 15.3 Å². The highest BCUT2D eigenvalue weighted by molar-refractivity contribution is 8.61. The fourth-order valence-electron chi connectivity index (χ4n) is 1.92. The van der Waals surface area contributed by atoms with E-state index in [0.29, 0.717) is 5.06 Å². The first kappa shape index (κ1) is 500. The molecule has 2 rings (SSSR count). The van der Waals surface area contributed by atoms with E-state index >= 15 is 0 Å². The Morgan fingerprint density at radius 2 is 0.302 bits per heavy atom. The minimum absolute atomic E-state index is 0. The zero-order valence-electron chi connectivity index (χ0n) is 112. The van der Waals surface area contributed by atoms with Crippen LogP contribution in [-0.2, 0) is 33.6 Å². The van der Waals surface area contributed by atoms with Crippen molar-refractivity contribution >= 4 is 330 Å². The SMILES string of the molecule is C.C.C.C.C.C.CC.CC.CC.CC.CC.CC.CC.CC.CC.CC.CC.CC.CC.CC.CC.CC.CC.CC.CC.CC.CC.CC.CC.CC.CC.CC.CC.CC.CC.CC.CC.CC.CN.CN.CN.CN.CN.CN.CN.CN.CN.CN.CN.CN.CN.CN.CN.CN.O=C(CCN1C(=O)C=CC1=O)NCC(=O)ON1C(=O)CCC1=O.S.S.S.S.S.S.S.S.SS.SS.SS.SS.SS.SS.SS.SS. The number of hydrogen-bond acceptors (Lipinski definition) is 39. The van der Waals surface area contributed by atoms with Crippen LogP contribution in [0, 0.1) is 0 Å². The predicted molar refractivity (Wildman–Crippen MR) is 863 cm³/mol. The van der Waals surface area contributed by atoms with Crippen molar-refractivity contribution in [2.45, 2.75) is 507 Å². The molecule has 0 radical (unpaired) electrons. The summed E-state index contributed by atoms with van der Waals surface area (Å²) in [6.07, 6.45) is 1.96. The Hall–Kier alpha value is 4.72. The second kappa shape index (κ2) is 2470. The van der Waals surface area contributed by atoms with Crippen LogP contribution >= 0.6 is 295 Å². The molecule has 1018 valence electrons. The average molecular weight is 2680 g/mol. The maximum atomic E-state index is 11.5. The van der Waals surface area contributed by atoms with Gasteiger partial charge >= 0.3 is 5.97 Å². The summed E-state index contributed by atoms with van der Waals surface area (Å²) in [6, 6.07) is 0. The molecular formula is C99H341N19O7S24. The van der Waals surface area contributed by atoms with Crippen molar-refractivity contribution < 1.29 is 33.6 Å². The normalized spacial score (nSPS) is 4.91. The molecule has 5 amide bonds. The molecule has 0 aromatic carbocycles. The number of nitrogens with one attached hydrogen (secondary N) is 1. The largest absolute Gasteiger partial charge is 0.352 e. The fraction of sp³-hybridized carbons (Fsp3) is 0.919. The second-order valence-corrected chi connectivity index (χ2v) is 4.73. The number of nitrogens with zero attached hydrogens (tertiary/aromatic N) is 2. The lowest BCUT2D eigenvalue weighted by Crippen LogP contribution is -2.39. The number of hydroxylamine groups is 2. The summed E-state index contributed by atoms with van der Waals surface area (Å²) in [4.78, 5) is 73.4. The Morgan fingerprint density at radius 3 is 0.389 bits per heavy atom. The fourth-order valence-corrected chi connectivity index (χ4v) is 1.92. The lowest BCUT2D eigenvalue weighted by atomic mass is 10.3. The molecule has 0 bridgehead atoms. The highest BCUT2D eigenvalue weighted by Gasteiger charge is 2.33. The summed E-state index contributed by atoms with van der Waals surface area (Å²) < 4.78 is 0. The van der Waals surface area contributed by atoms with E-state index in [-0.39, 0.29) is 178 Å². The highest BCUT2D eigenvalue weighted by atomic mass is 33.1. The van der Waals surface area contributed by atoms with E-state index in [1.807, 2.05) is 443 Å². The Labute approximate surface area is 1100 Å². The van der Waals surface area contributed by atoms with Gasteiger partial charge in [0, 0.05) is 38.0 Å². The zero-order valence-corrected chi connectivity index (χ0v) is 135. The molecule has 0 atom stereocenters. The molecule has 50 heteroatoms. The highest BCUT2D eigenvalue weighted by Crippen LogP contribution is 2.12. The molecule has 2 heterocycles. The van der Waals surface area contributed by atoms with Crippen LogP contribution in [0.1, 0.15) is 507 Å². The molecule has 149 heavy (non-hydrogen) atoms. The van der Waals surface area contributed by atoms with Crippen LogP contribution < -0.4 is 97.1 Å². The molecule has 2 aliphatic rings. The third-order valence-corrected chi connectivity index (χ3v) is 3.09. The average Bonchev–Trinajstić information content (AvgIpc) is 1.74. The summed E-state index contributed by atoms with van der Waals surface area (Å²) in [7, 11) is 24.0. The second-order valence-electron chi connectivity index (χ2n) is 4.73. The van der Waals surface area contributed by atoms with Gasteiger partial charge in [-0.25, -0.2) is 4.79 Å². The van der Waals surface area contributed by atoms with E-state index in [9.17, 15) is 28.8 Å². The predicted octanol–water partition coefficient (Wildman–Crippen LogP) is 34.9. The molecular weight excluding hydrogens is 2340 g/mol. The van der Waals surface area contributed by atoms with Crippen molar-refractivity contribution in [3.05, 3.63) is 12.2 Å². The van der Waals surface area contributed by atoms with Crippen LogP contribution in [-0.4, -0.2) is 171 Å². The minimum atomic E-state index is -0.975. The topological polar surface area (TPSA) is 546 Å². The monoisotopic (exact) mass is 2680 g/mol. The van der Waals surface area contributed by atoms with Crippen molar-refractivity contribution in [2.24, 2.45) is 91.7 Å². The van der Waals surface area contributed by atoms with E-state index in [4.69, 9.17) is 0 Å². The number of thiol groups is 16. The van der Waals surface area contributed by atoms with Gasteiger partial charge in [-0.3, -0.25) is 28.9 Å². The number of hydrogen-bond donors (Lipinski definition) is 33. The van der Waals surface area contributed by atoms with E-state index in [2.05, 4.69) is 288 Å². The van der Waals surface area contributed by atoms with Crippen molar-refractivity contribution in [2.75, 3.05) is 126 Å². The lowest BCUT2D eigenvalue weighted by molar-refractivity contribution is -0.196. The summed E-state index contributed by atoms with van der Waals surface area (Å²) >= 11 is 51.6. The molecule has 1 saturated heterocycles. The van der Waals surface area contributed by atoms with E-state index in [0.717, 1.165) is 17.1 Å². The van der Waals surface area contributed by atoms with Crippen LogP contribution in [0.15, 0.2) is 12.2 Å². The first-order chi connectivity index (χ1) is 66.9. The van der Waals surface area contributed by atoms with Gasteiger partial charge in [0.25, 0.3) is 23.6 Å². The van der Waals surface area contributed by atoms with Crippen LogP contribution in [0.25, 0.3) is 0 Å². The molecule has 33 N–H and O–H groups in total. The molecule has 26 nitrogen and oxygen atoms in total. The summed E-state index contributed by atoms with van der Waals surface area (Å²) in [5.74, 6) is -3.81. The van der Waals surface area contributed by atoms with Crippen LogP contribution in [0.5, 0.6) is 0 Å². The molecule has 0 aliphatic carbocycles. The van der Waals surface area contributed by atoms with Gasteiger partial charge in [0.1, 0.15) is 6.54 Å². The Bertz CT molecular complexity index is 768. The number of carbonyl (C=O) groups excluding carboxylic acids is 6. The van der Waals surface area contributed by atoms with Gasteiger partial charge in [-0.15, -0.1) is 192 Å². The van der Waals surface area contributed by atoms with Crippen molar-refractivity contribution in [3.63, 3.8) is 0 Å². The maximum Gasteiger partial charge on any atom is 0.352 e. The molecule has 0 aromatic rings. The van der Waals surface area contributed by atoms with Crippen LogP contribution in [0.3, 0.4) is 0 Å². The number of carbonyl (C=O) groups is 6. The van der Waals surface area contributed by atoms with Gasteiger partial charge in [0.05, 0.1) is 0 Å². The third kappa shape index (κ3) is 1730. The third-order valence-electron chi connectivity index (χ3n) is 3.09. The number of amides is 5. The molecule has 0 spiro atoms. The number of nitrogens with two attached hydrogens (primary N) is 16. The quantitative estimate of drug-likeness (QED) is 0.0667. The smallest absolute Gasteiger partial charge is 0.345 e. The van der Waals surface area contributed by atoms with Crippen LogP contribution in [0.2, 0.25) is 0 Å². The summed E-state index contributed by atoms with van der Waals surface area (Å²) in [5.41, 5.74) is 72.0. The first-order valence-corrected chi connectivity index (χ1v) is 62.4. The Kier molecular flexibility index (Phi) is 8280. The standard InChI is InChI=1S/C13H13N3O7.32C2H6.16CH5N.6CH4.8H2S2.8H2S/c17-8(5-6-15-9(18)1-2-10(15)19)14-7-13(22)23-16-11(20)3-4-12(16)21;48*1-2;;;;;;;8*1-2;;;;;;;;/h1-2H,3-7H2,(H,14,17);32*1-2H3;16*2H2,1H3;6*1H4;8*1-2H;8*1H2. The van der Waals surface area contributed by atoms with Crippen LogP contribution in [0.4, 0.5) is 0 Å². The molecule has 0 aromatic heterocycles. The first-order valence-electron chi connectivity index (χ1n) is 49.6. The van der Waals surface area contributed by atoms with Crippen molar-refractivity contribution in [1.29, 1.82) is 0 Å². The maximum absolute atomic E-state index is 11.5. The number of rotatable bonds is 6.